The van der Waals surface area contributed by atoms with Gasteiger partial charge in [0.2, 0.25) is 0 Å². The predicted octanol–water partition coefficient (Wildman–Crippen LogP) is 3.39. The molecule has 3 nitrogen and oxygen atoms in total. The highest BCUT2D eigenvalue weighted by Crippen LogP contribution is 2.29. The molecule has 0 aromatic rings. The summed E-state index contributed by atoms with van der Waals surface area (Å²) in [7, 11) is 0. The van der Waals surface area contributed by atoms with E-state index in [9.17, 15) is 4.79 Å². The number of carboxylic acid groups (broad SMARTS) is 1. The maximum Gasteiger partial charge on any atom is 0.330 e. The Hall–Kier alpha value is -0.830. The normalized spacial score (nSPS) is 24.5. The lowest BCUT2D eigenvalue weighted by Crippen LogP contribution is -2.39. The van der Waals surface area contributed by atoms with Crippen LogP contribution < -0.4 is 0 Å². The molecule has 0 aliphatic carbocycles. The van der Waals surface area contributed by atoms with Gasteiger partial charge in [0, 0.05) is 11.5 Å². The zero-order valence-corrected chi connectivity index (χ0v) is 10.9. The van der Waals surface area contributed by atoms with Gasteiger partial charge in [-0.2, -0.15) is 0 Å². The van der Waals surface area contributed by atoms with Crippen molar-refractivity contribution in [2.75, 3.05) is 6.61 Å². The number of hydrogen-bond donors (Lipinski definition) is 1. The van der Waals surface area contributed by atoms with Crippen LogP contribution in [0.3, 0.4) is 0 Å². The molecule has 0 bridgehead atoms. The Morgan fingerprint density at radius 1 is 1.41 bits per heavy atom. The van der Waals surface area contributed by atoms with E-state index in [1.807, 2.05) is 0 Å². The van der Waals surface area contributed by atoms with Crippen LogP contribution in [0, 0.1) is 5.92 Å². The minimum atomic E-state index is -0.830. The maximum atomic E-state index is 10.6. The van der Waals surface area contributed by atoms with E-state index in [1.54, 1.807) is 13.0 Å². The Kier molecular flexibility index (Phi) is 6.27. The minimum Gasteiger partial charge on any atom is -0.478 e. The van der Waals surface area contributed by atoms with Crippen molar-refractivity contribution in [2.24, 2.45) is 5.92 Å². The molecule has 0 aromatic heterocycles. The van der Waals surface area contributed by atoms with Crippen molar-refractivity contribution in [3.63, 3.8) is 0 Å². The summed E-state index contributed by atoms with van der Waals surface area (Å²) in [6.07, 6.45) is 9.18. The number of carbonyl (C=O) groups is 1. The molecule has 0 saturated carbocycles. The topological polar surface area (TPSA) is 46.5 Å². The van der Waals surface area contributed by atoms with Crippen LogP contribution in [0.5, 0.6) is 0 Å². The second kappa shape index (κ2) is 7.49. The smallest absolute Gasteiger partial charge is 0.330 e. The third-order valence-electron chi connectivity index (χ3n) is 3.47. The quantitative estimate of drug-likeness (QED) is 0.522. The summed E-state index contributed by atoms with van der Waals surface area (Å²) in [5.41, 5.74) is 0.422. The molecule has 0 spiro atoms. The lowest BCUT2D eigenvalue weighted by molar-refractivity contribution is -0.132. The predicted molar refractivity (Wildman–Crippen MR) is 68.0 cm³/mol. The molecule has 0 radical (unpaired) electrons. The van der Waals surface area contributed by atoms with E-state index in [2.05, 4.69) is 6.92 Å². The minimum absolute atomic E-state index is 0.255. The Balaban J connectivity index is 2.18. The van der Waals surface area contributed by atoms with Crippen LogP contribution in [-0.4, -0.2) is 23.8 Å². The van der Waals surface area contributed by atoms with E-state index in [1.165, 1.54) is 32.1 Å². The molecule has 1 heterocycles. The van der Waals surface area contributed by atoms with Gasteiger partial charge in [-0.15, -0.1) is 0 Å². The molecule has 17 heavy (non-hydrogen) atoms. The fourth-order valence-electron chi connectivity index (χ4n) is 2.11. The molecule has 1 N–H and O–H groups in total. The highest BCUT2D eigenvalue weighted by molar-refractivity contribution is 5.85. The first kappa shape index (κ1) is 14.2. The lowest BCUT2D eigenvalue weighted by atomic mass is 9.89. The number of aliphatic carboxylic acids is 1. The van der Waals surface area contributed by atoms with E-state index in [4.69, 9.17) is 9.84 Å². The first-order chi connectivity index (χ1) is 8.15. The van der Waals surface area contributed by atoms with Gasteiger partial charge < -0.3 is 9.84 Å². The average molecular weight is 240 g/mol. The van der Waals surface area contributed by atoms with Crippen LogP contribution in [0.4, 0.5) is 0 Å². The Morgan fingerprint density at radius 3 is 2.71 bits per heavy atom. The number of unbranched alkanes of at least 4 members (excludes halogenated alkanes) is 3. The van der Waals surface area contributed by atoms with Gasteiger partial charge in [0.05, 0.1) is 12.7 Å². The molecule has 1 saturated heterocycles. The van der Waals surface area contributed by atoms with Gasteiger partial charge in [-0.05, 0) is 19.8 Å². The van der Waals surface area contributed by atoms with Gasteiger partial charge in [0.1, 0.15) is 0 Å². The molecule has 1 aliphatic heterocycles. The van der Waals surface area contributed by atoms with Gasteiger partial charge in [0.15, 0.2) is 0 Å². The highest BCUT2D eigenvalue weighted by atomic mass is 16.5. The molecule has 0 aromatic carbocycles. The first-order valence-electron chi connectivity index (χ1n) is 6.66. The Labute approximate surface area is 104 Å². The summed E-state index contributed by atoms with van der Waals surface area (Å²) in [5, 5.41) is 8.74. The average Bonchev–Trinajstić information content (AvgIpc) is 2.27. The van der Waals surface area contributed by atoms with Gasteiger partial charge in [-0.25, -0.2) is 4.79 Å². The van der Waals surface area contributed by atoms with E-state index in [-0.39, 0.29) is 6.10 Å². The largest absolute Gasteiger partial charge is 0.478 e. The second-order valence-electron chi connectivity index (χ2n) is 4.91. The summed E-state index contributed by atoms with van der Waals surface area (Å²) in [6.45, 7) is 4.71. The zero-order valence-electron chi connectivity index (χ0n) is 10.9. The molecule has 2 unspecified atom stereocenters. The van der Waals surface area contributed by atoms with Crippen molar-refractivity contribution in [3.05, 3.63) is 11.6 Å². The van der Waals surface area contributed by atoms with E-state index in [0.717, 1.165) is 13.0 Å². The van der Waals surface area contributed by atoms with Crippen LogP contribution in [0.25, 0.3) is 0 Å². The fraction of sp³-hybridized carbons (Fsp3) is 0.786. The number of carboxylic acids is 1. The van der Waals surface area contributed by atoms with E-state index in [0.29, 0.717) is 11.5 Å². The maximum absolute atomic E-state index is 10.6. The standard InChI is InChI=1S/C14H24O3/c1-3-4-5-6-7-12-10-17-13(12)9-8-11(2)14(15)16/h8,12-13H,3-7,9-10H2,1-2H3,(H,15,16). The first-order valence-corrected chi connectivity index (χ1v) is 6.66. The van der Waals surface area contributed by atoms with Crippen molar-refractivity contribution in [1.29, 1.82) is 0 Å². The number of hydrogen-bond acceptors (Lipinski definition) is 2. The summed E-state index contributed by atoms with van der Waals surface area (Å²) < 4.78 is 5.49. The third-order valence-corrected chi connectivity index (χ3v) is 3.47. The molecule has 1 aliphatic rings. The van der Waals surface area contributed by atoms with Crippen LogP contribution in [-0.2, 0) is 9.53 Å². The summed E-state index contributed by atoms with van der Waals surface area (Å²) in [6, 6.07) is 0. The van der Waals surface area contributed by atoms with Crippen LogP contribution in [0.15, 0.2) is 11.6 Å². The van der Waals surface area contributed by atoms with Gasteiger partial charge in [0.25, 0.3) is 0 Å². The Bertz CT molecular complexity index is 271. The number of rotatable bonds is 8. The Morgan fingerprint density at radius 2 is 2.18 bits per heavy atom. The molecule has 98 valence electrons. The van der Waals surface area contributed by atoms with Crippen molar-refractivity contribution in [2.45, 2.75) is 58.5 Å². The summed E-state index contributed by atoms with van der Waals surface area (Å²) in [5.74, 6) is -0.187. The molecular weight excluding hydrogens is 216 g/mol. The fourth-order valence-corrected chi connectivity index (χ4v) is 2.11. The van der Waals surface area contributed by atoms with Crippen molar-refractivity contribution >= 4 is 5.97 Å². The monoisotopic (exact) mass is 240 g/mol. The van der Waals surface area contributed by atoms with Crippen molar-refractivity contribution < 1.29 is 14.6 Å². The molecule has 0 amide bonds. The number of ether oxygens (including phenoxy) is 1. The molecule has 3 heteroatoms. The van der Waals surface area contributed by atoms with Crippen LogP contribution in [0.1, 0.15) is 52.4 Å². The van der Waals surface area contributed by atoms with Crippen molar-refractivity contribution in [3.8, 4) is 0 Å². The van der Waals surface area contributed by atoms with Gasteiger partial charge >= 0.3 is 5.97 Å². The third kappa shape index (κ3) is 4.90. The molecular formula is C14H24O3. The summed E-state index contributed by atoms with van der Waals surface area (Å²) in [4.78, 5) is 10.6. The molecule has 1 rings (SSSR count). The highest BCUT2D eigenvalue weighted by Gasteiger charge is 2.30. The van der Waals surface area contributed by atoms with Gasteiger partial charge in [-0.1, -0.05) is 38.7 Å². The van der Waals surface area contributed by atoms with E-state index >= 15 is 0 Å². The lowest BCUT2D eigenvalue weighted by Gasteiger charge is -2.36. The van der Waals surface area contributed by atoms with Gasteiger partial charge in [-0.3, -0.25) is 0 Å². The van der Waals surface area contributed by atoms with Crippen LogP contribution >= 0.6 is 0 Å². The summed E-state index contributed by atoms with van der Waals surface area (Å²) >= 11 is 0. The molecule has 1 fully saturated rings. The van der Waals surface area contributed by atoms with E-state index < -0.39 is 5.97 Å². The van der Waals surface area contributed by atoms with Crippen molar-refractivity contribution in [1.82, 2.24) is 0 Å². The molecule has 2 atom stereocenters. The van der Waals surface area contributed by atoms with Crippen LogP contribution in [0.2, 0.25) is 0 Å². The SMILES string of the molecule is CCCCCCC1COC1CC=C(C)C(=O)O. The zero-order chi connectivity index (χ0) is 12.7. The second-order valence-corrected chi connectivity index (χ2v) is 4.91.